The van der Waals surface area contributed by atoms with Gasteiger partial charge in [0.1, 0.15) is 22.7 Å². The molecule has 26 heavy (non-hydrogen) atoms. The number of aromatic nitrogens is 1. The number of esters is 1. The van der Waals surface area contributed by atoms with Gasteiger partial charge in [-0.25, -0.2) is 14.4 Å². The summed E-state index contributed by atoms with van der Waals surface area (Å²) in [6.07, 6.45) is 0. The van der Waals surface area contributed by atoms with E-state index < -0.39 is 46.0 Å². The number of nitrogens with one attached hydrogen (secondary N) is 1. The van der Waals surface area contributed by atoms with Crippen LogP contribution in [0.1, 0.15) is 31.1 Å². The number of hydrogen-bond acceptors (Lipinski definition) is 7. The Morgan fingerprint density at radius 2 is 1.65 bits per heavy atom. The molecule has 0 atom stereocenters. The molecule has 0 unspecified atom stereocenters. The monoisotopic (exact) mass is 362 g/mol. The van der Waals surface area contributed by atoms with Crippen LogP contribution in [0, 0.1) is 0 Å². The van der Waals surface area contributed by atoms with E-state index in [1.807, 2.05) is 4.98 Å². The summed E-state index contributed by atoms with van der Waals surface area (Å²) < 4.78 is 9.66. The molecule has 10 heteroatoms. The van der Waals surface area contributed by atoms with Crippen LogP contribution in [0.15, 0.2) is 23.0 Å². The fourth-order valence-electron chi connectivity index (χ4n) is 2.43. The largest absolute Gasteiger partial charge is 0.497 e. The highest BCUT2D eigenvalue weighted by atomic mass is 16.5. The quantitative estimate of drug-likeness (QED) is 0.562. The van der Waals surface area contributed by atoms with Crippen molar-refractivity contribution < 1.29 is 34.1 Å². The molecule has 0 aliphatic rings. The number of anilines is 1. The van der Waals surface area contributed by atoms with E-state index in [0.717, 1.165) is 7.11 Å². The highest BCUT2D eigenvalue weighted by molar-refractivity contribution is 6.08. The van der Waals surface area contributed by atoms with Gasteiger partial charge in [-0.15, -0.1) is 0 Å². The summed E-state index contributed by atoms with van der Waals surface area (Å²) in [6, 6.07) is 3.77. The number of carboxylic acid groups (broad SMARTS) is 2. The molecule has 10 nitrogen and oxygen atoms in total. The molecule has 1 aromatic carbocycles. The lowest BCUT2D eigenvalue weighted by Crippen LogP contribution is -2.24. The molecule has 5 N–H and O–H groups in total. The van der Waals surface area contributed by atoms with Gasteiger partial charge >= 0.3 is 17.9 Å². The number of rotatable bonds is 5. The van der Waals surface area contributed by atoms with Crippen LogP contribution >= 0.6 is 0 Å². The molecule has 2 rings (SSSR count). The fourth-order valence-corrected chi connectivity index (χ4v) is 2.43. The average molecular weight is 362 g/mol. The SMILES string of the molecule is COC(=O)c1cc(OC)cc(-c2c(C(=O)O)c(N)[nH]c(=O)c2C(=O)O)c1. The number of nitrogen functional groups attached to an aromatic ring is 1. The molecular weight excluding hydrogens is 348 g/mol. The number of H-pyrrole nitrogens is 1. The van der Waals surface area contributed by atoms with Crippen molar-refractivity contribution in [3.05, 3.63) is 45.2 Å². The second kappa shape index (κ2) is 6.97. The number of carbonyl (C=O) groups excluding carboxylic acids is 1. The fraction of sp³-hybridized carbons (Fsp3) is 0.125. The summed E-state index contributed by atoms with van der Waals surface area (Å²) in [6.45, 7) is 0. The first kappa shape index (κ1) is 18.5. The molecule has 0 amide bonds. The van der Waals surface area contributed by atoms with Gasteiger partial charge < -0.3 is 30.4 Å². The van der Waals surface area contributed by atoms with Gasteiger partial charge in [0.15, 0.2) is 0 Å². The molecule has 0 spiro atoms. The normalized spacial score (nSPS) is 10.2. The summed E-state index contributed by atoms with van der Waals surface area (Å²) in [4.78, 5) is 49.0. The lowest BCUT2D eigenvalue weighted by molar-refractivity contribution is 0.0598. The number of benzene rings is 1. The third kappa shape index (κ3) is 3.20. The topological polar surface area (TPSA) is 169 Å². The smallest absolute Gasteiger partial charge is 0.342 e. The molecule has 1 heterocycles. The maximum Gasteiger partial charge on any atom is 0.342 e. The van der Waals surface area contributed by atoms with Crippen molar-refractivity contribution in [3.8, 4) is 16.9 Å². The summed E-state index contributed by atoms with van der Waals surface area (Å²) in [5.41, 5.74) is 2.49. The molecule has 1 aromatic heterocycles. The van der Waals surface area contributed by atoms with Crippen LogP contribution in [-0.2, 0) is 4.74 Å². The van der Waals surface area contributed by atoms with Gasteiger partial charge in [0, 0.05) is 5.56 Å². The van der Waals surface area contributed by atoms with Crippen LogP contribution in [0.5, 0.6) is 5.75 Å². The predicted molar refractivity (Wildman–Crippen MR) is 88.7 cm³/mol. The second-order valence-corrected chi connectivity index (χ2v) is 5.04. The van der Waals surface area contributed by atoms with Gasteiger partial charge in [0.2, 0.25) is 0 Å². The highest BCUT2D eigenvalue weighted by Crippen LogP contribution is 2.32. The number of ether oxygens (including phenoxy) is 2. The first-order chi connectivity index (χ1) is 12.2. The Morgan fingerprint density at radius 3 is 2.15 bits per heavy atom. The van der Waals surface area contributed by atoms with Crippen molar-refractivity contribution in [2.24, 2.45) is 0 Å². The van der Waals surface area contributed by atoms with Crippen LogP contribution in [0.4, 0.5) is 5.82 Å². The van der Waals surface area contributed by atoms with Crippen LogP contribution in [0.25, 0.3) is 11.1 Å². The first-order valence-corrected chi connectivity index (χ1v) is 7.01. The van der Waals surface area contributed by atoms with Gasteiger partial charge in [-0.05, 0) is 23.8 Å². The highest BCUT2D eigenvalue weighted by Gasteiger charge is 2.27. The minimum atomic E-state index is -1.66. The number of hydrogen-bond donors (Lipinski definition) is 4. The number of aromatic amines is 1. The second-order valence-electron chi connectivity index (χ2n) is 5.04. The van der Waals surface area contributed by atoms with Gasteiger partial charge in [0.05, 0.1) is 19.8 Å². The number of methoxy groups -OCH3 is 2. The third-order valence-electron chi connectivity index (χ3n) is 3.52. The van der Waals surface area contributed by atoms with Gasteiger partial charge in [-0.3, -0.25) is 4.79 Å². The molecule has 0 saturated carbocycles. The first-order valence-electron chi connectivity index (χ1n) is 7.01. The van der Waals surface area contributed by atoms with Crippen molar-refractivity contribution in [1.82, 2.24) is 4.98 Å². The number of carboxylic acids is 2. The van der Waals surface area contributed by atoms with Crippen molar-refractivity contribution in [3.63, 3.8) is 0 Å². The van der Waals surface area contributed by atoms with Crippen LogP contribution in [0.2, 0.25) is 0 Å². The van der Waals surface area contributed by atoms with E-state index in [1.54, 1.807) is 0 Å². The average Bonchev–Trinajstić information content (AvgIpc) is 2.58. The zero-order valence-electron chi connectivity index (χ0n) is 13.7. The van der Waals surface area contributed by atoms with Gasteiger partial charge in [-0.1, -0.05) is 0 Å². The molecule has 0 aliphatic heterocycles. The molecule has 0 bridgehead atoms. The van der Waals surface area contributed by atoms with Crippen LogP contribution in [-0.4, -0.2) is 47.3 Å². The lowest BCUT2D eigenvalue weighted by Gasteiger charge is -2.14. The minimum absolute atomic E-state index is 0.0339. The Morgan fingerprint density at radius 1 is 1.04 bits per heavy atom. The Kier molecular flexibility index (Phi) is 4.96. The van der Waals surface area contributed by atoms with Crippen LogP contribution in [0.3, 0.4) is 0 Å². The van der Waals surface area contributed by atoms with E-state index >= 15 is 0 Å². The number of nitrogens with two attached hydrogens (primary N) is 1. The standard InChI is InChI=1S/C16H14N2O8/c1-25-8-4-6(3-7(5-8)16(24)26-2)9-10(14(20)21)12(17)18-13(19)11(9)15(22)23/h3-5H,1-2H3,(H,20,21)(H,22,23)(H3,17,18,19). The Balaban J connectivity index is 2.99. The predicted octanol–water partition coefficient (Wildman–Crippen LogP) is 0.816. The molecule has 136 valence electrons. The van der Waals surface area contributed by atoms with Gasteiger partial charge in [0.25, 0.3) is 5.56 Å². The van der Waals surface area contributed by atoms with Crippen molar-refractivity contribution in [2.45, 2.75) is 0 Å². The van der Waals surface area contributed by atoms with Crippen LogP contribution < -0.4 is 16.0 Å². The summed E-state index contributed by atoms with van der Waals surface area (Å²) in [7, 11) is 2.43. The maximum atomic E-state index is 12.0. The van der Waals surface area contributed by atoms with Gasteiger partial charge in [-0.2, -0.15) is 0 Å². The van der Waals surface area contributed by atoms with Crippen molar-refractivity contribution in [1.29, 1.82) is 0 Å². The van der Waals surface area contributed by atoms with Crippen molar-refractivity contribution in [2.75, 3.05) is 20.0 Å². The van der Waals surface area contributed by atoms with E-state index in [9.17, 15) is 29.4 Å². The molecule has 0 fully saturated rings. The zero-order chi connectivity index (χ0) is 19.6. The maximum absolute atomic E-state index is 12.0. The van der Waals surface area contributed by atoms with E-state index in [0.29, 0.717) is 0 Å². The molecule has 0 saturated heterocycles. The van der Waals surface area contributed by atoms with Crippen molar-refractivity contribution >= 4 is 23.7 Å². The molecular formula is C16H14N2O8. The Labute approximate surface area is 145 Å². The summed E-state index contributed by atoms with van der Waals surface area (Å²) >= 11 is 0. The lowest BCUT2D eigenvalue weighted by atomic mass is 9.94. The molecule has 2 aromatic rings. The Bertz CT molecular complexity index is 977. The summed E-state index contributed by atoms with van der Waals surface area (Å²) in [5, 5.41) is 18.8. The van der Waals surface area contributed by atoms with E-state index in [2.05, 4.69) is 4.74 Å². The van der Waals surface area contributed by atoms with E-state index in [4.69, 9.17) is 10.5 Å². The Hall–Kier alpha value is -3.82. The molecule has 0 aliphatic carbocycles. The summed E-state index contributed by atoms with van der Waals surface area (Å²) in [5.74, 6) is -4.39. The molecule has 0 radical (unpaired) electrons. The number of aromatic carboxylic acids is 2. The third-order valence-corrected chi connectivity index (χ3v) is 3.52. The number of carbonyl (C=O) groups is 3. The van der Waals surface area contributed by atoms with E-state index in [-0.39, 0.29) is 16.9 Å². The zero-order valence-corrected chi connectivity index (χ0v) is 13.7. The number of pyridine rings is 1. The van der Waals surface area contributed by atoms with E-state index in [1.165, 1.54) is 25.3 Å². The minimum Gasteiger partial charge on any atom is -0.497 e.